The van der Waals surface area contributed by atoms with E-state index in [1.54, 1.807) is 7.11 Å². The minimum atomic E-state index is -0.206. The highest BCUT2D eigenvalue weighted by Gasteiger charge is 2.10. The molecule has 2 N–H and O–H groups in total. The molecule has 3 aromatic rings. The zero-order chi connectivity index (χ0) is 13.9. The summed E-state index contributed by atoms with van der Waals surface area (Å²) in [6.45, 7) is 0. The molecular weight excluding hydrogens is 248 g/mol. The quantitative estimate of drug-likeness (QED) is 0.789. The van der Waals surface area contributed by atoms with Gasteiger partial charge in [0, 0.05) is 11.6 Å². The second kappa shape index (κ2) is 5.31. The number of hydrogen-bond donors (Lipinski definition) is 1. The lowest BCUT2D eigenvalue weighted by molar-refractivity contribution is 0.414. The van der Waals surface area contributed by atoms with E-state index in [0.29, 0.717) is 0 Å². The maximum absolute atomic E-state index is 6.34. The van der Waals surface area contributed by atoms with Gasteiger partial charge in [0.15, 0.2) is 0 Å². The van der Waals surface area contributed by atoms with Crippen molar-refractivity contribution in [1.29, 1.82) is 0 Å². The van der Waals surface area contributed by atoms with Gasteiger partial charge in [-0.2, -0.15) is 0 Å². The number of benzene rings is 2. The summed E-state index contributed by atoms with van der Waals surface area (Å²) < 4.78 is 5.24. The summed E-state index contributed by atoms with van der Waals surface area (Å²) in [5.41, 5.74) is 9.33. The Labute approximate surface area is 118 Å². The lowest BCUT2D eigenvalue weighted by Gasteiger charge is -2.14. The molecule has 2 aromatic carbocycles. The fourth-order valence-corrected chi connectivity index (χ4v) is 2.29. The number of fused-ring (bicyclic) bond motifs is 1. The standard InChI is InChI=1S/C17H16N2O/c1-20-15-7-4-6-13(10-15)17(18)14-9-12-5-2-3-8-16(12)19-11-14/h2-11,17H,18H2,1H3. The summed E-state index contributed by atoms with van der Waals surface area (Å²) >= 11 is 0. The summed E-state index contributed by atoms with van der Waals surface area (Å²) in [6.07, 6.45) is 1.84. The van der Waals surface area contributed by atoms with Crippen LogP contribution in [0.15, 0.2) is 60.8 Å². The third kappa shape index (κ3) is 2.36. The van der Waals surface area contributed by atoms with Crippen molar-refractivity contribution in [3.8, 4) is 5.75 Å². The number of ether oxygens (including phenoxy) is 1. The first kappa shape index (κ1) is 12.6. The van der Waals surface area contributed by atoms with Crippen LogP contribution >= 0.6 is 0 Å². The predicted octanol–water partition coefficient (Wildman–Crippen LogP) is 3.29. The van der Waals surface area contributed by atoms with Gasteiger partial charge in [0.2, 0.25) is 0 Å². The van der Waals surface area contributed by atoms with Crippen LogP contribution in [-0.4, -0.2) is 12.1 Å². The van der Waals surface area contributed by atoms with Gasteiger partial charge in [-0.15, -0.1) is 0 Å². The fraction of sp³-hybridized carbons (Fsp3) is 0.118. The Morgan fingerprint density at radius 3 is 2.70 bits per heavy atom. The zero-order valence-corrected chi connectivity index (χ0v) is 11.3. The average molecular weight is 264 g/mol. The molecule has 0 bridgehead atoms. The van der Waals surface area contributed by atoms with Crippen LogP contribution in [0, 0.1) is 0 Å². The Balaban J connectivity index is 2.00. The second-order valence-corrected chi connectivity index (χ2v) is 4.72. The van der Waals surface area contributed by atoms with Gasteiger partial charge in [-0.3, -0.25) is 4.98 Å². The first-order valence-corrected chi connectivity index (χ1v) is 6.52. The van der Waals surface area contributed by atoms with Crippen molar-refractivity contribution in [2.75, 3.05) is 7.11 Å². The molecule has 3 rings (SSSR count). The number of nitrogens with two attached hydrogens (primary N) is 1. The Hall–Kier alpha value is -2.39. The van der Waals surface area contributed by atoms with Crippen LogP contribution in [0.25, 0.3) is 10.9 Å². The van der Waals surface area contributed by atoms with Gasteiger partial charge >= 0.3 is 0 Å². The van der Waals surface area contributed by atoms with Crippen LogP contribution in [0.1, 0.15) is 17.2 Å². The molecule has 0 saturated heterocycles. The van der Waals surface area contributed by atoms with Crippen molar-refractivity contribution in [2.24, 2.45) is 5.73 Å². The smallest absolute Gasteiger partial charge is 0.119 e. The van der Waals surface area contributed by atoms with Crippen molar-refractivity contribution in [2.45, 2.75) is 6.04 Å². The molecular formula is C17H16N2O. The first-order valence-electron chi connectivity index (χ1n) is 6.52. The van der Waals surface area contributed by atoms with Crippen molar-refractivity contribution in [3.63, 3.8) is 0 Å². The zero-order valence-electron chi connectivity index (χ0n) is 11.3. The number of methoxy groups -OCH3 is 1. The topological polar surface area (TPSA) is 48.1 Å². The fourth-order valence-electron chi connectivity index (χ4n) is 2.29. The molecule has 0 aliphatic rings. The van der Waals surface area contributed by atoms with Crippen molar-refractivity contribution < 1.29 is 4.74 Å². The van der Waals surface area contributed by atoms with Crippen LogP contribution < -0.4 is 10.5 Å². The SMILES string of the molecule is COc1cccc(C(N)c2cnc3ccccc3c2)c1. The number of para-hydroxylation sites is 1. The molecule has 0 fully saturated rings. The number of aromatic nitrogens is 1. The van der Waals surface area contributed by atoms with E-state index in [1.165, 1.54) is 0 Å². The van der Waals surface area contributed by atoms with E-state index < -0.39 is 0 Å². The number of hydrogen-bond acceptors (Lipinski definition) is 3. The molecule has 1 atom stereocenters. The van der Waals surface area contributed by atoms with Crippen molar-refractivity contribution in [3.05, 3.63) is 71.9 Å². The molecule has 1 aromatic heterocycles. The van der Waals surface area contributed by atoms with E-state index in [1.807, 2.05) is 54.7 Å². The highest BCUT2D eigenvalue weighted by Crippen LogP contribution is 2.24. The number of pyridine rings is 1. The van der Waals surface area contributed by atoms with Crippen LogP contribution in [0.4, 0.5) is 0 Å². The molecule has 20 heavy (non-hydrogen) atoms. The van der Waals surface area contributed by atoms with Gasteiger partial charge < -0.3 is 10.5 Å². The Morgan fingerprint density at radius 2 is 1.85 bits per heavy atom. The minimum absolute atomic E-state index is 0.206. The Bertz CT molecular complexity index is 740. The summed E-state index contributed by atoms with van der Waals surface area (Å²) in [7, 11) is 1.65. The summed E-state index contributed by atoms with van der Waals surface area (Å²) in [5, 5.41) is 1.10. The van der Waals surface area contributed by atoms with Gasteiger partial charge in [0.1, 0.15) is 5.75 Å². The molecule has 0 saturated carbocycles. The lowest BCUT2D eigenvalue weighted by atomic mass is 9.99. The Morgan fingerprint density at radius 1 is 1.00 bits per heavy atom. The van der Waals surface area contributed by atoms with Gasteiger partial charge in [0.25, 0.3) is 0 Å². The Kier molecular flexibility index (Phi) is 3.35. The third-order valence-corrected chi connectivity index (χ3v) is 3.42. The summed E-state index contributed by atoms with van der Waals surface area (Å²) in [5.74, 6) is 0.812. The van der Waals surface area contributed by atoms with E-state index in [0.717, 1.165) is 27.8 Å². The van der Waals surface area contributed by atoms with E-state index in [2.05, 4.69) is 11.1 Å². The molecule has 1 heterocycles. The van der Waals surface area contributed by atoms with Crippen LogP contribution in [0.5, 0.6) is 5.75 Å². The van der Waals surface area contributed by atoms with Crippen LogP contribution in [0.2, 0.25) is 0 Å². The molecule has 100 valence electrons. The second-order valence-electron chi connectivity index (χ2n) is 4.72. The first-order chi connectivity index (χ1) is 9.78. The maximum atomic E-state index is 6.34. The largest absolute Gasteiger partial charge is 0.497 e. The van der Waals surface area contributed by atoms with Crippen LogP contribution in [-0.2, 0) is 0 Å². The minimum Gasteiger partial charge on any atom is -0.497 e. The summed E-state index contributed by atoms with van der Waals surface area (Å²) in [4.78, 5) is 4.46. The van der Waals surface area contributed by atoms with Gasteiger partial charge in [0.05, 0.1) is 18.7 Å². The molecule has 0 radical (unpaired) electrons. The highest BCUT2D eigenvalue weighted by molar-refractivity contribution is 5.78. The van der Waals surface area contributed by atoms with E-state index in [4.69, 9.17) is 10.5 Å². The molecule has 1 unspecified atom stereocenters. The van der Waals surface area contributed by atoms with Crippen molar-refractivity contribution in [1.82, 2.24) is 4.98 Å². The molecule has 0 spiro atoms. The van der Waals surface area contributed by atoms with Crippen LogP contribution in [0.3, 0.4) is 0 Å². The molecule has 0 aliphatic heterocycles. The van der Waals surface area contributed by atoms with Crippen molar-refractivity contribution >= 4 is 10.9 Å². The van der Waals surface area contributed by atoms with Gasteiger partial charge in [-0.05, 0) is 35.4 Å². The normalized spacial score (nSPS) is 12.3. The van der Waals surface area contributed by atoms with E-state index >= 15 is 0 Å². The van der Waals surface area contributed by atoms with Gasteiger partial charge in [-0.25, -0.2) is 0 Å². The molecule has 0 aliphatic carbocycles. The van der Waals surface area contributed by atoms with E-state index in [9.17, 15) is 0 Å². The predicted molar refractivity (Wildman–Crippen MR) is 80.8 cm³/mol. The molecule has 3 nitrogen and oxygen atoms in total. The van der Waals surface area contributed by atoms with E-state index in [-0.39, 0.29) is 6.04 Å². The maximum Gasteiger partial charge on any atom is 0.119 e. The highest BCUT2D eigenvalue weighted by atomic mass is 16.5. The molecule has 3 heteroatoms. The van der Waals surface area contributed by atoms with Gasteiger partial charge in [-0.1, -0.05) is 30.3 Å². The molecule has 0 amide bonds. The number of rotatable bonds is 3. The number of nitrogens with zero attached hydrogens (tertiary/aromatic N) is 1. The average Bonchev–Trinajstić information content (AvgIpc) is 2.53. The monoisotopic (exact) mass is 264 g/mol. The third-order valence-electron chi connectivity index (χ3n) is 3.42. The lowest BCUT2D eigenvalue weighted by Crippen LogP contribution is -2.12. The summed E-state index contributed by atoms with van der Waals surface area (Å²) in [6, 6.07) is 17.7.